The van der Waals surface area contributed by atoms with Crippen LogP contribution in [0.25, 0.3) is 0 Å². The van der Waals surface area contributed by atoms with Crippen molar-refractivity contribution >= 4 is 17.7 Å². The lowest BCUT2D eigenvalue weighted by Crippen LogP contribution is -2.44. The Bertz CT molecular complexity index is 191. The fourth-order valence-corrected chi connectivity index (χ4v) is 2.69. The second kappa shape index (κ2) is 5.61. The molecule has 1 rings (SSSR count). The molecule has 0 aromatic heterocycles. The minimum Gasteiger partial charge on any atom is -0.394 e. The molecule has 1 aliphatic heterocycles. The Labute approximate surface area is 89.6 Å². The number of aliphatic hydroxyl groups excluding tert-OH is 1. The highest BCUT2D eigenvalue weighted by atomic mass is 32.2. The predicted molar refractivity (Wildman–Crippen MR) is 59.3 cm³/mol. The van der Waals surface area contributed by atoms with Crippen molar-refractivity contribution in [3.8, 4) is 0 Å². The first-order valence-electron chi connectivity index (χ1n) is 5.14. The lowest BCUT2D eigenvalue weighted by molar-refractivity contribution is -0.125. The van der Waals surface area contributed by atoms with E-state index in [0.29, 0.717) is 0 Å². The van der Waals surface area contributed by atoms with E-state index < -0.39 is 0 Å². The van der Waals surface area contributed by atoms with Crippen LogP contribution in [0.15, 0.2) is 0 Å². The standard InChI is InChI=1S/C10H19NO2S/c1-7(2)9(5-12)11-10(13)8-3-4-14-6-8/h7-9,12H,3-6H2,1-2H3,(H,11,13)/t8?,9-/m1/s1. The van der Waals surface area contributed by atoms with Gasteiger partial charge < -0.3 is 10.4 Å². The van der Waals surface area contributed by atoms with Gasteiger partial charge in [-0.3, -0.25) is 4.79 Å². The highest BCUT2D eigenvalue weighted by Crippen LogP contribution is 2.23. The molecular weight excluding hydrogens is 198 g/mol. The Morgan fingerprint density at radius 3 is 2.79 bits per heavy atom. The summed E-state index contributed by atoms with van der Waals surface area (Å²) in [6.07, 6.45) is 0.979. The third-order valence-corrected chi connectivity index (χ3v) is 3.79. The molecule has 1 saturated heterocycles. The third-order valence-electron chi connectivity index (χ3n) is 2.63. The molecule has 0 saturated carbocycles. The molecule has 1 unspecified atom stereocenters. The molecule has 82 valence electrons. The second-order valence-corrected chi connectivity index (χ2v) is 5.25. The predicted octanol–water partition coefficient (Wildman–Crippen LogP) is 0.873. The summed E-state index contributed by atoms with van der Waals surface area (Å²) in [4.78, 5) is 11.7. The molecule has 2 N–H and O–H groups in total. The Morgan fingerprint density at radius 2 is 2.36 bits per heavy atom. The first kappa shape index (κ1) is 11.9. The molecule has 4 heteroatoms. The third kappa shape index (κ3) is 3.17. The van der Waals surface area contributed by atoms with Gasteiger partial charge in [-0.2, -0.15) is 11.8 Å². The van der Waals surface area contributed by atoms with Gasteiger partial charge in [-0.1, -0.05) is 13.8 Å². The highest BCUT2D eigenvalue weighted by molar-refractivity contribution is 7.99. The molecule has 0 bridgehead atoms. The highest BCUT2D eigenvalue weighted by Gasteiger charge is 2.25. The number of aliphatic hydroxyl groups is 1. The molecule has 1 aliphatic rings. The van der Waals surface area contributed by atoms with Crippen LogP contribution in [0.1, 0.15) is 20.3 Å². The van der Waals surface area contributed by atoms with Gasteiger partial charge in [0.15, 0.2) is 0 Å². The van der Waals surface area contributed by atoms with Gasteiger partial charge >= 0.3 is 0 Å². The molecule has 2 atom stereocenters. The smallest absolute Gasteiger partial charge is 0.224 e. The molecule has 0 spiro atoms. The van der Waals surface area contributed by atoms with Crippen LogP contribution in [-0.4, -0.2) is 35.2 Å². The number of thioether (sulfide) groups is 1. The summed E-state index contributed by atoms with van der Waals surface area (Å²) < 4.78 is 0. The Balaban J connectivity index is 2.37. The molecule has 0 aromatic carbocycles. The van der Waals surface area contributed by atoms with E-state index in [2.05, 4.69) is 5.32 Å². The summed E-state index contributed by atoms with van der Waals surface area (Å²) in [6.45, 7) is 4.04. The van der Waals surface area contributed by atoms with Crippen molar-refractivity contribution in [1.82, 2.24) is 5.32 Å². The molecule has 14 heavy (non-hydrogen) atoms. The van der Waals surface area contributed by atoms with Gasteiger partial charge in [-0.25, -0.2) is 0 Å². The van der Waals surface area contributed by atoms with Gasteiger partial charge in [-0.05, 0) is 18.1 Å². The molecule has 0 aromatic rings. The molecule has 3 nitrogen and oxygen atoms in total. The molecular formula is C10H19NO2S. The molecule has 1 heterocycles. The number of rotatable bonds is 4. The van der Waals surface area contributed by atoms with Gasteiger partial charge in [0.25, 0.3) is 0 Å². The monoisotopic (exact) mass is 217 g/mol. The van der Waals surface area contributed by atoms with Crippen molar-refractivity contribution in [3.63, 3.8) is 0 Å². The number of hydrogen-bond donors (Lipinski definition) is 2. The van der Waals surface area contributed by atoms with Crippen molar-refractivity contribution in [3.05, 3.63) is 0 Å². The molecule has 1 fully saturated rings. The van der Waals surface area contributed by atoms with Gasteiger partial charge in [0.05, 0.1) is 12.6 Å². The first-order valence-corrected chi connectivity index (χ1v) is 6.29. The Kier molecular flexibility index (Phi) is 4.75. The maximum absolute atomic E-state index is 11.7. The Morgan fingerprint density at radius 1 is 1.64 bits per heavy atom. The summed E-state index contributed by atoms with van der Waals surface area (Å²) in [5.41, 5.74) is 0. The van der Waals surface area contributed by atoms with E-state index in [4.69, 9.17) is 5.11 Å². The van der Waals surface area contributed by atoms with E-state index in [0.717, 1.165) is 17.9 Å². The molecule has 0 aliphatic carbocycles. The summed E-state index contributed by atoms with van der Waals surface area (Å²) in [5, 5.41) is 12.0. The summed E-state index contributed by atoms with van der Waals surface area (Å²) in [6, 6.07) is -0.0897. The number of amides is 1. The number of nitrogens with one attached hydrogen (secondary N) is 1. The van der Waals surface area contributed by atoms with Crippen LogP contribution < -0.4 is 5.32 Å². The normalized spacial score (nSPS) is 23.9. The SMILES string of the molecule is CC(C)[C@@H](CO)NC(=O)C1CCSC1. The summed E-state index contributed by atoms with van der Waals surface area (Å²) in [5.74, 6) is 2.58. The van der Waals surface area contributed by atoms with Gasteiger partial charge in [-0.15, -0.1) is 0 Å². The van der Waals surface area contributed by atoms with Crippen molar-refractivity contribution in [1.29, 1.82) is 0 Å². The topological polar surface area (TPSA) is 49.3 Å². The zero-order valence-electron chi connectivity index (χ0n) is 8.82. The minimum absolute atomic E-state index is 0.0310. The number of carbonyl (C=O) groups excluding carboxylic acids is 1. The fourth-order valence-electron chi connectivity index (χ4n) is 1.47. The first-order chi connectivity index (χ1) is 6.65. The van der Waals surface area contributed by atoms with Crippen LogP contribution in [0.4, 0.5) is 0 Å². The van der Waals surface area contributed by atoms with Gasteiger partial charge in [0.2, 0.25) is 5.91 Å². The van der Waals surface area contributed by atoms with E-state index in [1.54, 1.807) is 0 Å². The van der Waals surface area contributed by atoms with Crippen LogP contribution in [0.3, 0.4) is 0 Å². The van der Waals surface area contributed by atoms with Crippen molar-refractivity contribution in [2.45, 2.75) is 26.3 Å². The van der Waals surface area contributed by atoms with E-state index in [9.17, 15) is 4.79 Å². The quantitative estimate of drug-likeness (QED) is 0.735. The van der Waals surface area contributed by atoms with Crippen LogP contribution in [0.5, 0.6) is 0 Å². The van der Waals surface area contributed by atoms with E-state index in [1.165, 1.54) is 0 Å². The zero-order chi connectivity index (χ0) is 10.6. The van der Waals surface area contributed by atoms with Gasteiger partial charge in [0, 0.05) is 11.7 Å². The maximum Gasteiger partial charge on any atom is 0.224 e. The van der Waals surface area contributed by atoms with Crippen molar-refractivity contribution < 1.29 is 9.90 Å². The molecule has 0 radical (unpaired) electrons. The number of hydrogen-bond acceptors (Lipinski definition) is 3. The summed E-state index contributed by atoms with van der Waals surface area (Å²) in [7, 11) is 0. The van der Waals surface area contributed by atoms with Crippen LogP contribution in [0, 0.1) is 11.8 Å². The fraction of sp³-hybridized carbons (Fsp3) is 0.900. The minimum atomic E-state index is -0.0897. The summed E-state index contributed by atoms with van der Waals surface area (Å²) >= 11 is 1.83. The maximum atomic E-state index is 11.7. The lowest BCUT2D eigenvalue weighted by atomic mass is 10.0. The largest absolute Gasteiger partial charge is 0.394 e. The average Bonchev–Trinajstić information content (AvgIpc) is 2.65. The molecule has 1 amide bonds. The van der Waals surface area contributed by atoms with E-state index in [1.807, 2.05) is 25.6 Å². The lowest BCUT2D eigenvalue weighted by Gasteiger charge is -2.21. The van der Waals surface area contributed by atoms with Crippen molar-refractivity contribution in [2.75, 3.05) is 18.1 Å². The van der Waals surface area contributed by atoms with E-state index >= 15 is 0 Å². The zero-order valence-corrected chi connectivity index (χ0v) is 9.64. The van der Waals surface area contributed by atoms with Crippen LogP contribution in [-0.2, 0) is 4.79 Å². The van der Waals surface area contributed by atoms with Crippen LogP contribution in [0.2, 0.25) is 0 Å². The Hall–Kier alpha value is -0.220. The average molecular weight is 217 g/mol. The van der Waals surface area contributed by atoms with Gasteiger partial charge in [0.1, 0.15) is 0 Å². The number of carbonyl (C=O) groups is 1. The van der Waals surface area contributed by atoms with E-state index in [-0.39, 0.29) is 30.4 Å². The van der Waals surface area contributed by atoms with Crippen molar-refractivity contribution in [2.24, 2.45) is 11.8 Å². The second-order valence-electron chi connectivity index (χ2n) is 4.10. The van der Waals surface area contributed by atoms with Crippen LogP contribution >= 0.6 is 11.8 Å².